The van der Waals surface area contributed by atoms with Crippen LogP contribution in [0.4, 0.5) is 11.4 Å². The first kappa shape index (κ1) is 73.8. The maximum Gasteiger partial charge on any atom is 0.237 e. The third-order valence-corrected chi connectivity index (χ3v) is 17.6. The van der Waals surface area contributed by atoms with Crippen molar-refractivity contribution in [3.05, 3.63) is 226 Å². The molecule has 8 rings (SSSR count). The van der Waals surface area contributed by atoms with Crippen molar-refractivity contribution in [2.24, 2.45) is 0 Å². The maximum absolute atomic E-state index is 11.0. The van der Waals surface area contributed by atoms with Crippen molar-refractivity contribution >= 4 is 70.7 Å². The van der Waals surface area contributed by atoms with E-state index in [1.807, 2.05) is 117 Å². The summed E-state index contributed by atoms with van der Waals surface area (Å²) in [5.74, 6) is 1.79. The van der Waals surface area contributed by atoms with E-state index in [1.165, 1.54) is 11.3 Å². The Balaban J connectivity index is 0.000000256. The fraction of sp³-hybridized carbons (Fsp3) is 0.321. The van der Waals surface area contributed by atoms with Crippen LogP contribution in [0.15, 0.2) is 172 Å². The van der Waals surface area contributed by atoms with Gasteiger partial charge in [0.15, 0.2) is 29.0 Å². The molecule has 2 aliphatic rings. The van der Waals surface area contributed by atoms with E-state index in [2.05, 4.69) is 101 Å². The van der Waals surface area contributed by atoms with Crippen molar-refractivity contribution in [1.29, 1.82) is 26.3 Å². The Morgan fingerprint density at radius 2 is 0.979 bits per heavy atom. The van der Waals surface area contributed by atoms with Gasteiger partial charge in [-0.05, 0) is 169 Å². The molecule has 17 heteroatoms. The quantitative estimate of drug-likeness (QED) is 0.0193. The van der Waals surface area contributed by atoms with E-state index in [0.29, 0.717) is 18.8 Å². The highest BCUT2D eigenvalue weighted by Gasteiger charge is 2.39. The molecule has 0 unspecified atom stereocenters. The summed E-state index contributed by atoms with van der Waals surface area (Å²) in [5, 5.41) is 63.5. The highest BCUT2D eigenvalue weighted by Crippen LogP contribution is 2.42. The number of hydrogen-bond donors (Lipinski definition) is 2. The number of aliphatic hydroxyl groups is 2. The molecule has 95 heavy (non-hydrogen) atoms. The number of anilines is 2. The number of aldehydes is 1. The van der Waals surface area contributed by atoms with Gasteiger partial charge in [-0.1, -0.05) is 93.4 Å². The largest absolute Gasteiger partial charge is 0.493 e. The summed E-state index contributed by atoms with van der Waals surface area (Å²) < 4.78 is 24.0. The van der Waals surface area contributed by atoms with Crippen LogP contribution < -0.4 is 19.3 Å². The predicted molar refractivity (Wildman–Crippen MR) is 381 cm³/mol. The summed E-state index contributed by atoms with van der Waals surface area (Å²) in [7, 11) is 0. The number of benzene rings is 4. The second kappa shape index (κ2) is 38.1. The summed E-state index contributed by atoms with van der Waals surface area (Å²) in [5.41, 5.74) is 6.46. The molecule has 4 aromatic carbocycles. The van der Waals surface area contributed by atoms with Crippen LogP contribution in [0.2, 0.25) is 0 Å². The molecule has 6 aromatic rings. The monoisotopic (exact) mass is 1310 g/mol. The van der Waals surface area contributed by atoms with Crippen LogP contribution in [-0.4, -0.2) is 67.1 Å². The number of aliphatic hydroxyl groups excluding tert-OH is 2. The molecule has 2 aromatic heterocycles. The van der Waals surface area contributed by atoms with Crippen LogP contribution in [0, 0.1) is 63.2 Å². The fourth-order valence-corrected chi connectivity index (χ4v) is 11.6. The number of nitrogens with zero attached hydrogens (tertiary/aromatic N) is 8. The van der Waals surface area contributed by atoms with E-state index in [1.54, 1.807) is 44.2 Å². The Labute approximate surface area is 568 Å². The molecule has 0 bridgehead atoms. The van der Waals surface area contributed by atoms with Crippen LogP contribution in [0.3, 0.4) is 0 Å². The highest BCUT2D eigenvalue weighted by atomic mass is 32.1. The van der Waals surface area contributed by atoms with Gasteiger partial charge < -0.3 is 39.0 Å². The minimum Gasteiger partial charge on any atom is -0.493 e. The van der Waals surface area contributed by atoms with Crippen LogP contribution in [-0.2, 0) is 22.7 Å². The predicted octanol–water partition coefficient (Wildman–Crippen LogP) is 17.8. The molecular weight excluding hydrogens is 1230 g/mol. The Hall–Kier alpha value is -10.2. The van der Waals surface area contributed by atoms with Crippen molar-refractivity contribution in [3.8, 4) is 41.8 Å². The summed E-state index contributed by atoms with van der Waals surface area (Å²) in [4.78, 5) is 23.1. The van der Waals surface area contributed by atoms with Gasteiger partial charge in [0.05, 0.1) is 17.0 Å². The van der Waals surface area contributed by atoms with Crippen molar-refractivity contribution in [2.75, 3.05) is 49.2 Å². The Morgan fingerprint density at radius 3 is 1.39 bits per heavy atom. The summed E-state index contributed by atoms with van der Waals surface area (Å²) in [6, 6.07) is 50.0. The summed E-state index contributed by atoms with van der Waals surface area (Å²) >= 11 is 3.08. The fourth-order valence-electron chi connectivity index (χ4n) is 10.0. The SMILES string of the molecule is CC1=C(C#N)C(=C(C#N)C#N)OC1(C)C.CCCCN(CCCCO)c1ccc(/C=C/c2ccc(C=O)s2)c(OCc2ccccc2)c1.[C-]#[N+]C1=C(/C=C/c2ccc(/C=C/c3ccc(N(CCCC)CCCCO)cc3OCc3ccccc3)s2)C(C)(C)OC1=C(C#N)C#N. The topological polar surface area (TPSA) is 224 Å². The second-order valence-electron chi connectivity index (χ2n) is 23.2. The van der Waals surface area contributed by atoms with Crippen molar-refractivity contribution in [2.45, 2.75) is 124 Å². The van der Waals surface area contributed by atoms with Gasteiger partial charge >= 0.3 is 0 Å². The lowest BCUT2D eigenvalue weighted by atomic mass is 9.97. The molecular formula is C78H82N8O7S2. The molecule has 15 nitrogen and oxygen atoms in total. The number of nitriles is 5. The summed E-state index contributed by atoms with van der Waals surface area (Å²) in [6.07, 6.45) is 20.8. The van der Waals surface area contributed by atoms with E-state index in [4.69, 9.17) is 41.3 Å². The zero-order valence-corrected chi connectivity index (χ0v) is 56.9. The molecule has 2 N–H and O–H groups in total. The maximum atomic E-state index is 11.0. The van der Waals surface area contributed by atoms with E-state index in [9.17, 15) is 25.5 Å². The zero-order chi connectivity index (χ0) is 68.6. The number of carbonyl (C=O) groups excluding carboxylic acids is 1. The van der Waals surface area contributed by atoms with Crippen LogP contribution in [0.25, 0.3) is 35.2 Å². The standard InChI is InChI=1S/C39H40N4O3S.C28H33NO3S.C11H9N3O/c1-5-6-22-43(23-10-11-24-44)32-16-14-30(36(25-32)45-28-29-12-8-7-9-13-29)15-17-33-18-19-34(47-33)20-21-35-37(42-4)38(31(26-40)27-41)46-39(35,2)3;1-2-3-17-29(18-7-8-19-30)25-13-11-24(12-14-26-15-16-27(21-31)33-26)28(20-25)32-22-23-9-5-4-6-10-23;1-7-9(6-14)10(8(4-12)5-13)15-11(7,2)3/h7-9,12-21,25,44H,5-6,10-11,22-24,28H2,1-3H3;4-6,9-16,20-21,30H,2-3,7-8,17-19,22H2,1H3;1-3H3/b17-15+,21-20+;14-12+;. The van der Waals surface area contributed by atoms with Crippen LogP contribution in [0.1, 0.15) is 146 Å². The number of hydrogen-bond acceptors (Lipinski definition) is 16. The van der Waals surface area contributed by atoms with E-state index in [0.717, 1.165) is 154 Å². The number of rotatable bonds is 29. The molecule has 488 valence electrons. The van der Waals surface area contributed by atoms with Crippen LogP contribution >= 0.6 is 22.7 Å². The molecule has 0 saturated carbocycles. The molecule has 0 fully saturated rings. The average Bonchev–Trinajstić information content (AvgIpc) is 1.65. The molecule has 0 radical (unpaired) electrons. The highest BCUT2D eigenvalue weighted by molar-refractivity contribution is 7.14. The van der Waals surface area contributed by atoms with Gasteiger partial charge in [-0.2, -0.15) is 26.3 Å². The van der Waals surface area contributed by atoms with E-state index in [-0.39, 0.29) is 47.1 Å². The second-order valence-corrected chi connectivity index (χ2v) is 25.5. The van der Waals surface area contributed by atoms with Crippen molar-refractivity contribution in [1.82, 2.24) is 0 Å². The molecule has 0 atom stereocenters. The molecule has 0 spiro atoms. The number of allylic oxidation sites excluding steroid dienone is 3. The number of ether oxygens (including phenoxy) is 4. The molecule has 0 amide bonds. The zero-order valence-electron chi connectivity index (χ0n) is 55.2. The van der Waals surface area contributed by atoms with Gasteiger partial charge in [0.25, 0.3) is 0 Å². The lowest BCUT2D eigenvalue weighted by Crippen LogP contribution is -2.25. The van der Waals surface area contributed by atoms with Crippen molar-refractivity contribution < 1.29 is 34.0 Å². The smallest absolute Gasteiger partial charge is 0.237 e. The lowest BCUT2D eigenvalue weighted by molar-refractivity contribution is 0.0927. The Morgan fingerprint density at radius 1 is 0.558 bits per heavy atom. The summed E-state index contributed by atoms with van der Waals surface area (Å²) in [6.45, 7) is 26.2. The minimum atomic E-state index is -0.849. The Bertz CT molecular complexity index is 4020. The van der Waals surface area contributed by atoms with Crippen LogP contribution in [0.5, 0.6) is 11.5 Å². The molecule has 0 saturated heterocycles. The van der Waals surface area contributed by atoms with Gasteiger partial charge in [0.2, 0.25) is 5.70 Å². The Kier molecular flexibility index (Phi) is 29.6. The number of unbranched alkanes of at least 4 members (excludes halogenated alkanes) is 4. The number of thiophene rings is 2. The van der Waals surface area contributed by atoms with Gasteiger partial charge in [-0.25, -0.2) is 4.85 Å². The number of carbonyl (C=O) groups is 1. The molecule has 2 aliphatic heterocycles. The average molecular weight is 1310 g/mol. The van der Waals surface area contributed by atoms with Gasteiger partial charge in [-0.15, -0.1) is 22.7 Å². The van der Waals surface area contributed by atoms with E-state index < -0.39 is 11.2 Å². The lowest BCUT2D eigenvalue weighted by Gasteiger charge is -2.26. The third-order valence-electron chi connectivity index (χ3n) is 15.6. The normalized spacial score (nSPS) is 13.4. The van der Waals surface area contributed by atoms with Gasteiger partial charge in [0, 0.05) is 94.2 Å². The van der Waals surface area contributed by atoms with Gasteiger partial charge in [0.1, 0.15) is 66.3 Å². The first-order valence-electron chi connectivity index (χ1n) is 31.8. The molecule has 0 aliphatic carbocycles. The third kappa shape index (κ3) is 21.7. The van der Waals surface area contributed by atoms with Crippen molar-refractivity contribution in [3.63, 3.8) is 0 Å². The first-order chi connectivity index (χ1) is 46.0. The first-order valence-corrected chi connectivity index (χ1v) is 33.4. The van der Waals surface area contributed by atoms with E-state index >= 15 is 0 Å². The van der Waals surface area contributed by atoms with Gasteiger partial charge in [-0.3, -0.25) is 4.79 Å². The molecule has 4 heterocycles. The minimum absolute atomic E-state index is 0.0411.